The summed E-state index contributed by atoms with van der Waals surface area (Å²) in [5.74, 6) is 1.86. The van der Waals surface area contributed by atoms with Crippen molar-refractivity contribution in [2.24, 2.45) is 12.8 Å². The number of nitrogens with zero attached hydrogens (tertiary/aromatic N) is 2. The van der Waals surface area contributed by atoms with E-state index in [1.807, 2.05) is 32.3 Å². The van der Waals surface area contributed by atoms with Gasteiger partial charge >= 0.3 is 0 Å². The molecule has 5 nitrogen and oxygen atoms in total. The van der Waals surface area contributed by atoms with Crippen LogP contribution in [-0.4, -0.2) is 16.3 Å². The molecule has 3 N–H and O–H groups in total. The zero-order valence-electron chi connectivity index (χ0n) is 10.2. The molecule has 0 amide bonds. The van der Waals surface area contributed by atoms with Crippen molar-refractivity contribution in [3.05, 3.63) is 41.6 Å². The first-order chi connectivity index (χ1) is 8.15. The van der Waals surface area contributed by atoms with Gasteiger partial charge in [0.1, 0.15) is 11.5 Å². The van der Waals surface area contributed by atoms with Crippen LogP contribution in [0.5, 0.6) is 0 Å². The maximum Gasteiger partial charge on any atom is 0.117 e. The SMILES string of the molecule is Cc1ccc(CNCC(N)c2cnn(C)c2)o1. The Labute approximate surface area is 101 Å². The third-order valence-electron chi connectivity index (χ3n) is 2.61. The van der Waals surface area contributed by atoms with Crippen LogP contribution in [0.2, 0.25) is 0 Å². The summed E-state index contributed by atoms with van der Waals surface area (Å²) in [6.07, 6.45) is 3.73. The number of nitrogens with one attached hydrogen (secondary N) is 1. The minimum absolute atomic E-state index is 0.0419. The highest BCUT2D eigenvalue weighted by molar-refractivity contribution is 5.10. The number of hydrogen-bond acceptors (Lipinski definition) is 4. The van der Waals surface area contributed by atoms with Crippen molar-refractivity contribution < 1.29 is 4.42 Å². The van der Waals surface area contributed by atoms with Crippen molar-refractivity contribution in [2.45, 2.75) is 19.5 Å². The monoisotopic (exact) mass is 234 g/mol. The Bertz CT molecular complexity index is 474. The molecule has 0 aliphatic rings. The summed E-state index contributed by atoms with van der Waals surface area (Å²) >= 11 is 0. The predicted octanol–water partition coefficient (Wildman–Crippen LogP) is 1.11. The first kappa shape index (κ1) is 11.9. The van der Waals surface area contributed by atoms with Gasteiger partial charge in [-0.3, -0.25) is 4.68 Å². The molecule has 0 fully saturated rings. The van der Waals surface area contributed by atoms with Gasteiger partial charge in [-0.05, 0) is 19.1 Å². The molecule has 0 bridgehead atoms. The highest BCUT2D eigenvalue weighted by atomic mass is 16.3. The van der Waals surface area contributed by atoms with Crippen LogP contribution in [0.4, 0.5) is 0 Å². The minimum atomic E-state index is -0.0419. The quantitative estimate of drug-likeness (QED) is 0.813. The zero-order chi connectivity index (χ0) is 12.3. The first-order valence-corrected chi connectivity index (χ1v) is 5.65. The second kappa shape index (κ2) is 5.16. The molecule has 0 aliphatic carbocycles. The van der Waals surface area contributed by atoms with Crippen molar-refractivity contribution in [3.8, 4) is 0 Å². The molecule has 1 atom stereocenters. The summed E-state index contributed by atoms with van der Waals surface area (Å²) in [7, 11) is 1.88. The van der Waals surface area contributed by atoms with Gasteiger partial charge in [0.2, 0.25) is 0 Å². The Hall–Kier alpha value is -1.59. The van der Waals surface area contributed by atoms with Crippen molar-refractivity contribution in [2.75, 3.05) is 6.54 Å². The van der Waals surface area contributed by atoms with Crippen molar-refractivity contribution in [1.29, 1.82) is 0 Å². The van der Waals surface area contributed by atoms with Crippen LogP contribution >= 0.6 is 0 Å². The maximum atomic E-state index is 6.03. The van der Waals surface area contributed by atoms with Crippen molar-refractivity contribution in [1.82, 2.24) is 15.1 Å². The van der Waals surface area contributed by atoms with E-state index < -0.39 is 0 Å². The minimum Gasteiger partial charge on any atom is -0.465 e. The molecule has 5 heteroatoms. The molecule has 2 aromatic rings. The molecule has 0 radical (unpaired) electrons. The van der Waals surface area contributed by atoms with Gasteiger partial charge in [-0.1, -0.05) is 0 Å². The molecule has 17 heavy (non-hydrogen) atoms. The second-order valence-corrected chi connectivity index (χ2v) is 4.20. The van der Waals surface area contributed by atoms with Gasteiger partial charge in [0, 0.05) is 31.4 Å². The van der Waals surface area contributed by atoms with E-state index in [4.69, 9.17) is 10.2 Å². The lowest BCUT2D eigenvalue weighted by atomic mass is 10.2. The Morgan fingerprint density at radius 3 is 2.94 bits per heavy atom. The average molecular weight is 234 g/mol. The number of hydrogen-bond donors (Lipinski definition) is 2. The van der Waals surface area contributed by atoms with E-state index in [0.29, 0.717) is 13.1 Å². The molecule has 0 aliphatic heterocycles. The van der Waals surface area contributed by atoms with Gasteiger partial charge in [-0.25, -0.2) is 0 Å². The molecule has 0 aromatic carbocycles. The molecule has 1 unspecified atom stereocenters. The molecule has 92 valence electrons. The number of nitrogens with two attached hydrogens (primary N) is 1. The van der Waals surface area contributed by atoms with E-state index in [9.17, 15) is 0 Å². The number of rotatable bonds is 5. The van der Waals surface area contributed by atoms with Crippen molar-refractivity contribution >= 4 is 0 Å². The Morgan fingerprint density at radius 2 is 2.35 bits per heavy atom. The molecular weight excluding hydrogens is 216 g/mol. The lowest BCUT2D eigenvalue weighted by Gasteiger charge is -2.09. The summed E-state index contributed by atoms with van der Waals surface area (Å²) in [5.41, 5.74) is 7.07. The highest BCUT2D eigenvalue weighted by Gasteiger charge is 2.07. The number of aromatic nitrogens is 2. The van der Waals surface area contributed by atoms with Crippen LogP contribution in [-0.2, 0) is 13.6 Å². The van der Waals surface area contributed by atoms with Crippen LogP contribution in [0.1, 0.15) is 23.1 Å². The molecule has 2 rings (SSSR count). The predicted molar refractivity (Wildman–Crippen MR) is 65.3 cm³/mol. The maximum absolute atomic E-state index is 6.03. The van der Waals surface area contributed by atoms with E-state index in [2.05, 4.69) is 10.4 Å². The van der Waals surface area contributed by atoms with Crippen molar-refractivity contribution in [3.63, 3.8) is 0 Å². The van der Waals surface area contributed by atoms with Crippen LogP contribution < -0.4 is 11.1 Å². The third-order valence-corrected chi connectivity index (χ3v) is 2.61. The summed E-state index contributed by atoms with van der Waals surface area (Å²) in [4.78, 5) is 0. The lowest BCUT2D eigenvalue weighted by Crippen LogP contribution is -2.26. The average Bonchev–Trinajstić information content (AvgIpc) is 2.88. The fourth-order valence-corrected chi connectivity index (χ4v) is 1.68. The van der Waals surface area contributed by atoms with Crippen LogP contribution in [0.3, 0.4) is 0 Å². The van der Waals surface area contributed by atoms with Gasteiger partial charge in [-0.2, -0.15) is 5.10 Å². The van der Waals surface area contributed by atoms with E-state index in [-0.39, 0.29) is 6.04 Å². The lowest BCUT2D eigenvalue weighted by molar-refractivity contribution is 0.455. The van der Waals surface area contributed by atoms with E-state index in [1.165, 1.54) is 0 Å². The first-order valence-electron chi connectivity index (χ1n) is 5.65. The van der Waals surface area contributed by atoms with Gasteiger partial charge in [0.25, 0.3) is 0 Å². The van der Waals surface area contributed by atoms with E-state index in [0.717, 1.165) is 17.1 Å². The summed E-state index contributed by atoms with van der Waals surface area (Å²) in [6.45, 7) is 3.33. The summed E-state index contributed by atoms with van der Waals surface area (Å²) in [5, 5.41) is 7.36. The Balaban J connectivity index is 1.78. The summed E-state index contributed by atoms with van der Waals surface area (Å²) in [6, 6.07) is 3.88. The molecule has 0 saturated heterocycles. The summed E-state index contributed by atoms with van der Waals surface area (Å²) < 4.78 is 7.21. The highest BCUT2D eigenvalue weighted by Crippen LogP contribution is 2.08. The Kier molecular flexibility index (Phi) is 3.61. The molecule has 0 saturated carbocycles. The van der Waals surface area contributed by atoms with Gasteiger partial charge in [0.05, 0.1) is 12.7 Å². The van der Waals surface area contributed by atoms with Crippen LogP contribution in [0.25, 0.3) is 0 Å². The van der Waals surface area contributed by atoms with Gasteiger partial charge in [0.15, 0.2) is 0 Å². The largest absolute Gasteiger partial charge is 0.465 e. The fraction of sp³-hybridized carbons (Fsp3) is 0.417. The number of furan rings is 1. The Morgan fingerprint density at radius 1 is 1.53 bits per heavy atom. The zero-order valence-corrected chi connectivity index (χ0v) is 10.2. The molecular formula is C12H18N4O. The van der Waals surface area contributed by atoms with Crippen LogP contribution in [0.15, 0.2) is 28.9 Å². The number of aryl methyl sites for hydroxylation is 2. The van der Waals surface area contributed by atoms with Gasteiger partial charge < -0.3 is 15.5 Å². The molecule has 2 heterocycles. The normalized spacial score (nSPS) is 12.9. The fourth-order valence-electron chi connectivity index (χ4n) is 1.68. The topological polar surface area (TPSA) is 69.0 Å². The van der Waals surface area contributed by atoms with E-state index in [1.54, 1.807) is 10.9 Å². The standard InChI is InChI=1S/C12H18N4O/c1-9-3-4-11(17-9)6-14-7-12(13)10-5-15-16(2)8-10/h3-5,8,12,14H,6-7,13H2,1-2H3. The van der Waals surface area contributed by atoms with E-state index >= 15 is 0 Å². The van der Waals surface area contributed by atoms with Crippen LogP contribution in [0, 0.1) is 6.92 Å². The second-order valence-electron chi connectivity index (χ2n) is 4.20. The molecule has 2 aromatic heterocycles. The molecule has 0 spiro atoms. The third kappa shape index (κ3) is 3.18. The van der Waals surface area contributed by atoms with Gasteiger partial charge in [-0.15, -0.1) is 0 Å². The smallest absolute Gasteiger partial charge is 0.117 e.